The number of likely N-dealkylation sites (N-methyl/N-ethyl adjacent to an activating group) is 1. The lowest BCUT2D eigenvalue weighted by atomic mass is 9.97. The third-order valence-electron chi connectivity index (χ3n) is 4.14. The molecule has 1 aliphatic heterocycles. The van der Waals surface area contributed by atoms with Crippen molar-refractivity contribution in [1.29, 1.82) is 0 Å². The number of halogens is 3. The van der Waals surface area contributed by atoms with Crippen LogP contribution < -0.4 is 4.90 Å². The number of rotatable bonds is 2. The van der Waals surface area contributed by atoms with Gasteiger partial charge in [0, 0.05) is 18.8 Å². The highest BCUT2D eigenvalue weighted by molar-refractivity contribution is 5.93. The zero-order valence-corrected chi connectivity index (χ0v) is 13.6. The monoisotopic (exact) mass is 351 g/mol. The molecule has 1 N–H and O–H groups in total. The molecule has 2 heterocycles. The highest BCUT2D eigenvalue weighted by Gasteiger charge is 2.39. The van der Waals surface area contributed by atoms with Crippen molar-refractivity contribution in [3.63, 3.8) is 0 Å². The summed E-state index contributed by atoms with van der Waals surface area (Å²) in [5, 5.41) is 9.95. The van der Waals surface area contributed by atoms with Gasteiger partial charge >= 0.3 is 12.2 Å². The first-order chi connectivity index (χ1) is 11.7. The van der Waals surface area contributed by atoms with Gasteiger partial charge in [0.25, 0.3) is 0 Å². The molecule has 1 aliphatic rings. The van der Waals surface area contributed by atoms with Crippen molar-refractivity contribution in [2.75, 3.05) is 18.5 Å². The van der Waals surface area contributed by atoms with E-state index in [9.17, 15) is 23.1 Å². The summed E-state index contributed by atoms with van der Waals surface area (Å²) in [4.78, 5) is 18.1. The molecule has 8 heteroatoms. The van der Waals surface area contributed by atoms with Crippen LogP contribution in [0.15, 0.2) is 36.5 Å². The number of aromatic nitrogens is 1. The normalized spacial score (nSPS) is 18.2. The number of pyridine rings is 1. The van der Waals surface area contributed by atoms with Crippen LogP contribution in [-0.2, 0) is 6.18 Å². The highest BCUT2D eigenvalue weighted by atomic mass is 19.4. The van der Waals surface area contributed by atoms with Crippen LogP contribution in [0.3, 0.4) is 0 Å². The molecule has 0 saturated carbocycles. The fraction of sp³-hybridized carbons (Fsp3) is 0.294. The molecule has 1 aromatic heterocycles. The maximum atomic E-state index is 13.6. The molecule has 0 bridgehead atoms. The fourth-order valence-corrected chi connectivity index (χ4v) is 2.87. The second-order valence-corrected chi connectivity index (χ2v) is 5.91. The molecule has 1 saturated heterocycles. The van der Waals surface area contributed by atoms with Crippen molar-refractivity contribution in [1.82, 2.24) is 9.88 Å². The van der Waals surface area contributed by atoms with Crippen LogP contribution in [0.1, 0.15) is 11.1 Å². The van der Waals surface area contributed by atoms with Gasteiger partial charge < -0.3 is 10.0 Å². The molecule has 1 unspecified atom stereocenters. The summed E-state index contributed by atoms with van der Waals surface area (Å²) in [6, 6.07) is 6.90. The smallest absolute Gasteiger partial charge is 0.371 e. The molecule has 25 heavy (non-hydrogen) atoms. The lowest BCUT2D eigenvalue weighted by Gasteiger charge is -2.21. The van der Waals surface area contributed by atoms with E-state index in [4.69, 9.17) is 0 Å². The van der Waals surface area contributed by atoms with Crippen molar-refractivity contribution >= 4 is 11.8 Å². The van der Waals surface area contributed by atoms with Crippen molar-refractivity contribution in [3.05, 3.63) is 47.7 Å². The van der Waals surface area contributed by atoms with E-state index in [2.05, 4.69) is 4.98 Å². The van der Waals surface area contributed by atoms with Crippen molar-refractivity contribution in [3.8, 4) is 11.1 Å². The molecule has 3 rings (SSSR count). The third kappa shape index (κ3) is 3.05. The predicted octanol–water partition coefficient (Wildman–Crippen LogP) is 3.27. The summed E-state index contributed by atoms with van der Waals surface area (Å²) in [5.74, 6) is -0.230. The number of hydrogen-bond acceptors (Lipinski definition) is 3. The number of β-amino-alcohol motifs (C(OH)–C–C–N with tert-alkyl or cyclic N) is 1. The Hall–Kier alpha value is -2.61. The fourth-order valence-electron chi connectivity index (χ4n) is 2.87. The summed E-state index contributed by atoms with van der Waals surface area (Å²) >= 11 is 0. The third-order valence-corrected chi connectivity index (χ3v) is 4.14. The van der Waals surface area contributed by atoms with Crippen molar-refractivity contribution in [2.45, 2.75) is 19.3 Å². The zero-order valence-electron chi connectivity index (χ0n) is 13.6. The van der Waals surface area contributed by atoms with Crippen LogP contribution in [-0.4, -0.2) is 40.8 Å². The molecule has 1 fully saturated rings. The number of benzene rings is 1. The van der Waals surface area contributed by atoms with Crippen molar-refractivity contribution < 1.29 is 23.1 Å². The summed E-state index contributed by atoms with van der Waals surface area (Å²) in [7, 11) is 1.46. The molecular formula is C17H16F3N3O2. The summed E-state index contributed by atoms with van der Waals surface area (Å²) in [5.41, 5.74) is 0.129. The Morgan fingerprint density at radius 1 is 1.24 bits per heavy atom. The van der Waals surface area contributed by atoms with Gasteiger partial charge in [-0.05, 0) is 24.1 Å². The summed E-state index contributed by atoms with van der Waals surface area (Å²) < 4.78 is 40.8. The number of carbonyl (C=O) groups is 1. The minimum Gasteiger partial charge on any atom is -0.371 e. The number of amides is 2. The number of aliphatic hydroxyl groups is 1. The van der Waals surface area contributed by atoms with Gasteiger partial charge in [0.15, 0.2) is 6.23 Å². The van der Waals surface area contributed by atoms with E-state index >= 15 is 0 Å². The largest absolute Gasteiger partial charge is 0.417 e. The number of hydrogen-bond donors (Lipinski definition) is 1. The van der Waals surface area contributed by atoms with E-state index in [0.717, 1.165) is 17.2 Å². The first-order valence-electron chi connectivity index (χ1n) is 7.56. The Morgan fingerprint density at radius 2 is 1.92 bits per heavy atom. The van der Waals surface area contributed by atoms with Gasteiger partial charge in [-0.15, -0.1) is 0 Å². The van der Waals surface area contributed by atoms with E-state index in [1.165, 1.54) is 11.9 Å². The molecule has 0 aliphatic carbocycles. The Bertz CT molecular complexity index is 823. The van der Waals surface area contributed by atoms with Gasteiger partial charge in [-0.3, -0.25) is 0 Å². The minimum absolute atomic E-state index is 0.00140. The first kappa shape index (κ1) is 17.2. The maximum Gasteiger partial charge on any atom is 0.417 e. The van der Waals surface area contributed by atoms with Gasteiger partial charge in [-0.2, -0.15) is 13.2 Å². The number of alkyl halides is 3. The van der Waals surface area contributed by atoms with Gasteiger partial charge in [-0.25, -0.2) is 14.7 Å². The molecular weight excluding hydrogens is 335 g/mol. The van der Waals surface area contributed by atoms with E-state index in [1.54, 1.807) is 31.2 Å². The number of aryl methyl sites for hydroxylation is 1. The maximum absolute atomic E-state index is 13.6. The Morgan fingerprint density at radius 3 is 2.48 bits per heavy atom. The predicted molar refractivity (Wildman–Crippen MR) is 85.9 cm³/mol. The zero-order chi connectivity index (χ0) is 18.4. The number of aliphatic hydroxyl groups excluding tert-OH is 1. The highest BCUT2D eigenvalue weighted by Crippen LogP contribution is 2.39. The van der Waals surface area contributed by atoms with Crippen LogP contribution in [0.5, 0.6) is 0 Å². The van der Waals surface area contributed by atoms with Gasteiger partial charge in [0.1, 0.15) is 5.82 Å². The SMILES string of the molecule is Cc1ccccc1-c1cnc(N2C(=O)N(C)CC2O)cc1C(F)(F)F. The lowest BCUT2D eigenvalue weighted by Crippen LogP contribution is -2.35. The molecule has 1 aromatic carbocycles. The average molecular weight is 351 g/mol. The molecule has 0 radical (unpaired) electrons. The van der Waals surface area contributed by atoms with Gasteiger partial charge in [0.05, 0.1) is 12.1 Å². The second-order valence-electron chi connectivity index (χ2n) is 5.91. The average Bonchev–Trinajstić information content (AvgIpc) is 2.79. The van der Waals surface area contributed by atoms with Crippen LogP contribution >= 0.6 is 0 Å². The van der Waals surface area contributed by atoms with E-state index in [1.807, 2.05) is 0 Å². The van der Waals surface area contributed by atoms with Crippen LogP contribution in [0.25, 0.3) is 11.1 Å². The minimum atomic E-state index is -4.63. The quantitative estimate of drug-likeness (QED) is 0.904. The van der Waals surface area contributed by atoms with Crippen molar-refractivity contribution in [2.24, 2.45) is 0 Å². The Labute approximate surface area is 142 Å². The molecule has 2 amide bonds. The van der Waals surface area contributed by atoms with Gasteiger partial charge in [-0.1, -0.05) is 24.3 Å². The topological polar surface area (TPSA) is 56.7 Å². The first-order valence-corrected chi connectivity index (χ1v) is 7.56. The standard InChI is InChI=1S/C17H16F3N3O2/c1-10-5-3-4-6-11(10)12-8-21-14(7-13(12)17(18,19)20)23-15(24)9-22(2)16(23)25/h3-8,15,24H,9H2,1-2H3. The number of nitrogens with zero attached hydrogens (tertiary/aromatic N) is 3. The summed E-state index contributed by atoms with van der Waals surface area (Å²) in [6.07, 6.45) is -4.77. The number of anilines is 1. The van der Waals surface area contributed by atoms with Crippen LogP contribution in [0, 0.1) is 6.92 Å². The Kier molecular flexibility index (Phi) is 4.16. The second kappa shape index (κ2) is 6.03. The van der Waals surface area contributed by atoms with E-state index in [-0.39, 0.29) is 17.9 Å². The molecule has 5 nitrogen and oxygen atoms in total. The van der Waals surface area contributed by atoms with E-state index < -0.39 is 24.0 Å². The van der Waals surface area contributed by atoms with E-state index in [0.29, 0.717) is 11.1 Å². The van der Waals surface area contributed by atoms with Crippen LogP contribution in [0.4, 0.5) is 23.8 Å². The number of carbonyl (C=O) groups excluding carboxylic acids is 1. The van der Waals surface area contributed by atoms with Gasteiger partial charge in [0.2, 0.25) is 0 Å². The molecule has 0 spiro atoms. The lowest BCUT2D eigenvalue weighted by molar-refractivity contribution is -0.137. The Balaban J connectivity index is 2.15. The van der Waals surface area contributed by atoms with Crippen LogP contribution in [0.2, 0.25) is 0 Å². The molecule has 132 valence electrons. The summed E-state index contributed by atoms with van der Waals surface area (Å²) in [6.45, 7) is 1.72. The molecule has 2 aromatic rings. The number of urea groups is 1. The molecule has 1 atom stereocenters.